The molecule has 2 N–H and O–H groups in total. The Bertz CT molecular complexity index is 1140. The number of aromatic nitrogens is 4. The van der Waals surface area contributed by atoms with Crippen LogP contribution in [0.5, 0.6) is 11.6 Å². The molecule has 1 saturated heterocycles. The monoisotopic (exact) mass is 456 g/mol. The minimum absolute atomic E-state index is 0.0211. The molecule has 3 aromatic heterocycles. The predicted molar refractivity (Wildman–Crippen MR) is 115 cm³/mol. The number of carbonyl (C=O) groups is 1. The fourth-order valence-electron chi connectivity index (χ4n) is 3.64. The largest absolute Gasteiger partial charge is 0.437 e. The maximum atomic E-state index is 14.6. The number of amides is 1. The highest BCUT2D eigenvalue weighted by Crippen LogP contribution is 2.40. The van der Waals surface area contributed by atoms with Gasteiger partial charge >= 0.3 is 0 Å². The van der Waals surface area contributed by atoms with Crippen molar-refractivity contribution in [3.05, 3.63) is 71.2 Å². The Kier molecular flexibility index (Phi) is 6.40. The second kappa shape index (κ2) is 9.41. The molecule has 0 aromatic carbocycles. The molecule has 0 saturated carbocycles. The Balaban J connectivity index is 1.39. The first-order valence-corrected chi connectivity index (χ1v) is 10.3. The van der Waals surface area contributed by atoms with E-state index in [9.17, 15) is 18.4 Å². The molecule has 1 aliphatic rings. The Morgan fingerprint density at radius 1 is 1.27 bits per heavy atom. The van der Waals surface area contributed by atoms with Gasteiger partial charge in [0.15, 0.2) is 0 Å². The second-order valence-corrected chi connectivity index (χ2v) is 7.74. The van der Waals surface area contributed by atoms with Gasteiger partial charge in [-0.25, -0.2) is 23.7 Å². The topological polar surface area (TPSA) is 113 Å². The number of H-pyrrole nitrogens is 1. The summed E-state index contributed by atoms with van der Waals surface area (Å²) in [4.78, 5) is 40.1. The van der Waals surface area contributed by atoms with Gasteiger partial charge in [-0.3, -0.25) is 14.5 Å². The molecule has 1 amide bonds. The Hall–Kier alpha value is -3.73. The summed E-state index contributed by atoms with van der Waals surface area (Å²) in [6.45, 7) is 1.71. The third kappa shape index (κ3) is 5.37. The molecular formula is C22H22F2N6O3. The molecule has 4 heterocycles. The summed E-state index contributed by atoms with van der Waals surface area (Å²) in [5, 5.41) is 2.70. The summed E-state index contributed by atoms with van der Waals surface area (Å²) < 4.78 is 34.7. The van der Waals surface area contributed by atoms with E-state index in [2.05, 4.69) is 25.3 Å². The van der Waals surface area contributed by atoms with E-state index in [0.29, 0.717) is 23.0 Å². The van der Waals surface area contributed by atoms with Crippen LogP contribution in [0.15, 0.2) is 60.0 Å². The summed E-state index contributed by atoms with van der Waals surface area (Å²) in [5.41, 5.74) is -0.0266. The van der Waals surface area contributed by atoms with Gasteiger partial charge in [0.1, 0.15) is 17.9 Å². The van der Waals surface area contributed by atoms with Crippen LogP contribution in [0.25, 0.3) is 0 Å². The molecule has 0 aliphatic carbocycles. The molecule has 0 bridgehead atoms. The van der Waals surface area contributed by atoms with Crippen molar-refractivity contribution in [2.75, 3.05) is 18.4 Å². The van der Waals surface area contributed by atoms with Crippen LogP contribution < -0.4 is 15.6 Å². The van der Waals surface area contributed by atoms with E-state index in [1.807, 2.05) is 0 Å². The van der Waals surface area contributed by atoms with Gasteiger partial charge in [-0.2, -0.15) is 0 Å². The molecule has 2 atom stereocenters. The molecule has 1 aliphatic heterocycles. The zero-order valence-electron chi connectivity index (χ0n) is 17.7. The number of hydrogen-bond donors (Lipinski definition) is 2. The van der Waals surface area contributed by atoms with Gasteiger partial charge in [0.2, 0.25) is 17.3 Å². The molecule has 33 heavy (non-hydrogen) atoms. The lowest BCUT2D eigenvalue weighted by Crippen LogP contribution is -2.52. The summed E-state index contributed by atoms with van der Waals surface area (Å²) in [7, 11) is 0. The first kappa shape index (κ1) is 22.5. The lowest BCUT2D eigenvalue weighted by atomic mass is 9.87. The smallest absolute Gasteiger partial charge is 0.257 e. The summed E-state index contributed by atoms with van der Waals surface area (Å²) in [6.07, 6.45) is 5.27. The summed E-state index contributed by atoms with van der Waals surface area (Å²) in [5.74, 6) is -3.34. The number of nitrogens with one attached hydrogen (secondary N) is 2. The van der Waals surface area contributed by atoms with E-state index in [1.54, 1.807) is 36.2 Å². The molecule has 4 rings (SSSR count). The number of halogens is 2. The van der Waals surface area contributed by atoms with E-state index in [1.165, 1.54) is 30.9 Å². The first-order valence-electron chi connectivity index (χ1n) is 10.3. The molecule has 0 radical (unpaired) electrons. The quantitative estimate of drug-likeness (QED) is 0.586. The number of likely N-dealkylation sites (tertiary alicyclic amines) is 1. The first-order chi connectivity index (χ1) is 15.8. The Morgan fingerprint density at radius 2 is 2.12 bits per heavy atom. The zero-order valence-corrected chi connectivity index (χ0v) is 17.7. The van der Waals surface area contributed by atoms with Crippen molar-refractivity contribution in [1.82, 2.24) is 24.8 Å². The van der Waals surface area contributed by atoms with Gasteiger partial charge < -0.3 is 15.0 Å². The van der Waals surface area contributed by atoms with E-state index >= 15 is 0 Å². The highest BCUT2D eigenvalue weighted by atomic mass is 19.3. The van der Waals surface area contributed by atoms with Crippen LogP contribution in [-0.2, 0) is 4.79 Å². The molecule has 3 aromatic rings. The van der Waals surface area contributed by atoms with E-state index in [-0.39, 0.29) is 31.0 Å². The second-order valence-electron chi connectivity index (χ2n) is 7.74. The number of piperidine rings is 1. The molecule has 2 unspecified atom stereocenters. The number of aromatic amines is 1. The van der Waals surface area contributed by atoms with Gasteiger partial charge in [-0.1, -0.05) is 6.07 Å². The van der Waals surface area contributed by atoms with Gasteiger partial charge in [-0.05, 0) is 24.6 Å². The van der Waals surface area contributed by atoms with Gasteiger partial charge in [-0.15, -0.1) is 0 Å². The van der Waals surface area contributed by atoms with Crippen LogP contribution >= 0.6 is 0 Å². The molecule has 172 valence electrons. The maximum absolute atomic E-state index is 14.6. The van der Waals surface area contributed by atoms with Gasteiger partial charge in [0.25, 0.3) is 5.92 Å². The van der Waals surface area contributed by atoms with Crippen LogP contribution in [0.3, 0.4) is 0 Å². The minimum atomic E-state index is -2.94. The zero-order chi connectivity index (χ0) is 23.4. The lowest BCUT2D eigenvalue weighted by Gasteiger charge is -2.40. The third-order valence-corrected chi connectivity index (χ3v) is 5.56. The van der Waals surface area contributed by atoms with Crippen LogP contribution in [0, 0.1) is 0 Å². The maximum Gasteiger partial charge on any atom is 0.257 e. The van der Waals surface area contributed by atoms with Crippen molar-refractivity contribution >= 4 is 11.7 Å². The van der Waals surface area contributed by atoms with Crippen molar-refractivity contribution in [2.24, 2.45) is 0 Å². The van der Waals surface area contributed by atoms with Crippen LogP contribution in [0.2, 0.25) is 0 Å². The Morgan fingerprint density at radius 3 is 2.79 bits per heavy atom. The van der Waals surface area contributed by atoms with Crippen molar-refractivity contribution < 1.29 is 18.3 Å². The fourth-order valence-corrected chi connectivity index (χ4v) is 3.64. The number of ether oxygens (including phenoxy) is 1. The van der Waals surface area contributed by atoms with E-state index < -0.39 is 17.9 Å². The molecule has 9 nitrogen and oxygen atoms in total. The fraction of sp³-hybridized carbons (Fsp3) is 0.318. The van der Waals surface area contributed by atoms with Crippen molar-refractivity contribution in [3.63, 3.8) is 0 Å². The number of alkyl halides is 2. The van der Waals surface area contributed by atoms with Gasteiger partial charge in [0.05, 0.1) is 18.2 Å². The minimum Gasteiger partial charge on any atom is -0.437 e. The number of hydrogen-bond acceptors (Lipinski definition) is 7. The molecular weight excluding hydrogens is 434 g/mol. The average Bonchev–Trinajstić information content (AvgIpc) is 2.81. The highest BCUT2D eigenvalue weighted by molar-refractivity contribution is 5.93. The normalized spacial score (nSPS) is 18.9. The number of carbonyl (C=O) groups excluding carboxylic acids is 1. The number of pyridine rings is 2. The molecule has 11 heteroatoms. The number of rotatable bonds is 6. The average molecular weight is 456 g/mol. The number of anilines is 1. The van der Waals surface area contributed by atoms with Crippen LogP contribution in [0.1, 0.15) is 24.8 Å². The van der Waals surface area contributed by atoms with Crippen molar-refractivity contribution in [1.29, 1.82) is 0 Å². The standard InChI is InChI=1S/C22H22F2N6O3/c1-14(30-9-7-22(23,24)17(12-30)15-2-5-19(31)27-10-15)21(32)29-18-4-3-16(11-26-18)33-20-6-8-25-13-28-20/h2-6,8,10-11,13-14,17H,7,9,12H2,1H3,(H,27,31)(H,26,29,32). The SMILES string of the molecule is CC(C(=O)Nc1ccc(Oc2ccncn2)cn1)N1CCC(F)(F)C(c2ccc(=O)[nH]c2)C1. The third-order valence-electron chi connectivity index (χ3n) is 5.56. The number of nitrogens with zero attached hydrogens (tertiary/aromatic N) is 4. The van der Waals surface area contributed by atoms with Crippen LogP contribution in [0.4, 0.5) is 14.6 Å². The van der Waals surface area contributed by atoms with E-state index in [4.69, 9.17) is 4.74 Å². The molecule has 0 spiro atoms. The lowest BCUT2D eigenvalue weighted by molar-refractivity contribution is -0.125. The van der Waals surface area contributed by atoms with Crippen molar-refractivity contribution in [2.45, 2.75) is 31.2 Å². The van der Waals surface area contributed by atoms with Crippen LogP contribution in [-0.4, -0.2) is 55.8 Å². The Labute approximate surface area is 187 Å². The highest BCUT2D eigenvalue weighted by Gasteiger charge is 2.46. The van der Waals surface area contributed by atoms with Gasteiger partial charge in [0, 0.05) is 44.0 Å². The predicted octanol–water partition coefficient (Wildman–Crippen LogP) is 2.80. The molecule has 1 fully saturated rings. The van der Waals surface area contributed by atoms with Crippen molar-refractivity contribution in [3.8, 4) is 11.6 Å². The summed E-state index contributed by atoms with van der Waals surface area (Å²) >= 11 is 0. The van der Waals surface area contributed by atoms with E-state index in [0.717, 1.165) is 0 Å². The summed E-state index contributed by atoms with van der Waals surface area (Å²) in [6, 6.07) is 6.77.